The third kappa shape index (κ3) is 6.87. The second-order valence-electron chi connectivity index (χ2n) is 8.47. The van der Waals surface area contributed by atoms with Crippen LogP contribution in [-0.4, -0.2) is 44.3 Å². The molecule has 1 unspecified atom stereocenters. The van der Waals surface area contributed by atoms with E-state index in [0.717, 1.165) is 4.31 Å². The van der Waals surface area contributed by atoms with Gasteiger partial charge in [-0.25, -0.2) is 12.8 Å². The van der Waals surface area contributed by atoms with E-state index in [1.165, 1.54) is 47.4 Å². The van der Waals surface area contributed by atoms with Gasteiger partial charge in [0.05, 0.1) is 10.6 Å². The Kier molecular flexibility index (Phi) is 9.29. The smallest absolute Gasteiger partial charge is 0.264 e. The normalized spacial score (nSPS) is 12.0. The molecule has 0 aliphatic carbocycles. The molecule has 0 aliphatic rings. The SMILES string of the molecule is CCNC(=O)C(C)N(Cc1ccc(F)cc1)C(=O)CN(c1cc(Cl)ccc1C)S(=O)(=O)c1ccccc1. The zero-order valence-electron chi connectivity index (χ0n) is 20.8. The van der Waals surface area contributed by atoms with Crippen molar-refractivity contribution in [2.24, 2.45) is 0 Å². The molecule has 0 aliphatic heterocycles. The minimum absolute atomic E-state index is 0.00374. The van der Waals surface area contributed by atoms with Gasteiger partial charge in [0.2, 0.25) is 11.8 Å². The average Bonchev–Trinajstić information content (AvgIpc) is 2.88. The van der Waals surface area contributed by atoms with Gasteiger partial charge in [0.25, 0.3) is 10.0 Å². The van der Waals surface area contributed by atoms with Crippen LogP contribution >= 0.6 is 11.6 Å². The van der Waals surface area contributed by atoms with E-state index in [-0.39, 0.29) is 17.1 Å². The lowest BCUT2D eigenvalue weighted by Gasteiger charge is -2.32. The van der Waals surface area contributed by atoms with Crippen molar-refractivity contribution in [2.75, 3.05) is 17.4 Å². The summed E-state index contributed by atoms with van der Waals surface area (Å²) in [5.41, 5.74) is 1.43. The Morgan fingerprint density at radius 2 is 1.68 bits per heavy atom. The number of carbonyl (C=O) groups is 2. The number of hydrogen-bond acceptors (Lipinski definition) is 4. The highest BCUT2D eigenvalue weighted by molar-refractivity contribution is 7.92. The van der Waals surface area contributed by atoms with Crippen LogP contribution in [0, 0.1) is 12.7 Å². The van der Waals surface area contributed by atoms with Crippen molar-refractivity contribution in [1.82, 2.24) is 10.2 Å². The van der Waals surface area contributed by atoms with E-state index in [2.05, 4.69) is 5.32 Å². The number of nitrogens with one attached hydrogen (secondary N) is 1. The fraction of sp³-hybridized carbons (Fsp3) is 0.259. The molecule has 3 aromatic carbocycles. The van der Waals surface area contributed by atoms with Crippen LogP contribution in [0.4, 0.5) is 10.1 Å². The predicted molar refractivity (Wildman–Crippen MR) is 142 cm³/mol. The van der Waals surface area contributed by atoms with Crippen molar-refractivity contribution < 1.29 is 22.4 Å². The molecule has 0 radical (unpaired) electrons. The summed E-state index contributed by atoms with van der Waals surface area (Å²) in [5.74, 6) is -1.44. The first-order valence-corrected chi connectivity index (χ1v) is 13.5. The molecular weight excluding hydrogens is 517 g/mol. The Labute approximate surface area is 221 Å². The van der Waals surface area contributed by atoms with Crippen LogP contribution < -0.4 is 9.62 Å². The molecule has 1 atom stereocenters. The molecule has 1 N–H and O–H groups in total. The van der Waals surface area contributed by atoms with Gasteiger partial charge in [-0.15, -0.1) is 0 Å². The summed E-state index contributed by atoms with van der Waals surface area (Å²) in [6.07, 6.45) is 0. The summed E-state index contributed by atoms with van der Waals surface area (Å²) in [4.78, 5) is 27.7. The van der Waals surface area contributed by atoms with Gasteiger partial charge < -0.3 is 10.2 Å². The number of hydrogen-bond donors (Lipinski definition) is 1. The van der Waals surface area contributed by atoms with E-state index < -0.39 is 40.2 Å². The van der Waals surface area contributed by atoms with Crippen LogP contribution in [0.25, 0.3) is 0 Å². The molecular formula is C27H29ClFN3O4S. The molecule has 0 saturated heterocycles. The lowest BCUT2D eigenvalue weighted by molar-refractivity contribution is -0.139. The zero-order valence-corrected chi connectivity index (χ0v) is 22.4. The highest BCUT2D eigenvalue weighted by Crippen LogP contribution is 2.30. The number of sulfonamides is 1. The van der Waals surface area contributed by atoms with Crippen molar-refractivity contribution in [3.8, 4) is 0 Å². The molecule has 7 nitrogen and oxygen atoms in total. The molecule has 0 heterocycles. The Morgan fingerprint density at radius 1 is 1.03 bits per heavy atom. The number of anilines is 1. The third-order valence-corrected chi connectivity index (χ3v) is 7.84. The number of rotatable bonds is 10. The van der Waals surface area contributed by atoms with Crippen molar-refractivity contribution in [1.29, 1.82) is 0 Å². The Bertz CT molecular complexity index is 1350. The van der Waals surface area contributed by atoms with Crippen LogP contribution in [0.1, 0.15) is 25.0 Å². The van der Waals surface area contributed by atoms with Gasteiger partial charge in [0.1, 0.15) is 18.4 Å². The van der Waals surface area contributed by atoms with Gasteiger partial charge in [-0.1, -0.05) is 48.0 Å². The quantitative estimate of drug-likeness (QED) is 0.405. The van der Waals surface area contributed by atoms with E-state index >= 15 is 0 Å². The van der Waals surface area contributed by atoms with Gasteiger partial charge >= 0.3 is 0 Å². The van der Waals surface area contributed by atoms with Crippen molar-refractivity contribution in [2.45, 2.75) is 38.3 Å². The van der Waals surface area contributed by atoms with E-state index in [9.17, 15) is 22.4 Å². The number of benzene rings is 3. The first-order valence-electron chi connectivity index (χ1n) is 11.7. The fourth-order valence-electron chi connectivity index (χ4n) is 3.78. The summed E-state index contributed by atoms with van der Waals surface area (Å²) < 4.78 is 42.0. The zero-order chi connectivity index (χ0) is 27.2. The molecule has 37 heavy (non-hydrogen) atoms. The summed E-state index contributed by atoms with van der Waals surface area (Å²) in [6, 6.07) is 17.2. The molecule has 3 rings (SSSR count). The molecule has 0 aromatic heterocycles. The van der Waals surface area contributed by atoms with Crippen LogP contribution in [-0.2, 0) is 26.2 Å². The largest absolute Gasteiger partial charge is 0.355 e. The van der Waals surface area contributed by atoms with Gasteiger partial charge in [0.15, 0.2) is 0 Å². The van der Waals surface area contributed by atoms with Crippen LogP contribution in [0.2, 0.25) is 5.02 Å². The lowest BCUT2D eigenvalue weighted by atomic mass is 10.1. The first-order chi connectivity index (χ1) is 17.5. The number of halogens is 2. The standard InChI is InChI=1S/C27H29ClFN3O4S/c1-4-30-27(34)20(3)31(17-21-11-14-23(29)15-12-21)26(33)18-32(25-16-22(28)13-10-19(25)2)37(35,36)24-8-6-5-7-9-24/h5-16,20H,4,17-18H2,1-3H3,(H,30,34). The average molecular weight is 546 g/mol. The number of aryl methyl sites for hydroxylation is 1. The van der Waals surface area contributed by atoms with E-state index in [1.54, 1.807) is 51.1 Å². The number of carbonyl (C=O) groups excluding carboxylic acids is 2. The Morgan fingerprint density at radius 3 is 2.30 bits per heavy atom. The maximum atomic E-state index is 13.8. The highest BCUT2D eigenvalue weighted by atomic mass is 35.5. The monoisotopic (exact) mass is 545 g/mol. The second-order valence-corrected chi connectivity index (χ2v) is 10.8. The van der Waals surface area contributed by atoms with E-state index in [4.69, 9.17) is 11.6 Å². The van der Waals surface area contributed by atoms with Crippen LogP contribution in [0.5, 0.6) is 0 Å². The molecule has 0 fully saturated rings. The molecule has 0 saturated carbocycles. The van der Waals surface area contributed by atoms with Crippen molar-refractivity contribution in [3.63, 3.8) is 0 Å². The van der Waals surface area contributed by atoms with Crippen LogP contribution in [0.3, 0.4) is 0 Å². The van der Waals surface area contributed by atoms with E-state index in [1.807, 2.05) is 0 Å². The van der Waals surface area contributed by atoms with Gasteiger partial charge in [0, 0.05) is 18.1 Å². The van der Waals surface area contributed by atoms with E-state index in [0.29, 0.717) is 22.7 Å². The summed E-state index contributed by atoms with van der Waals surface area (Å²) >= 11 is 6.20. The minimum Gasteiger partial charge on any atom is -0.355 e. The third-order valence-electron chi connectivity index (χ3n) is 5.83. The number of nitrogens with zero attached hydrogens (tertiary/aromatic N) is 2. The molecule has 3 aromatic rings. The Balaban J connectivity index is 2.05. The molecule has 196 valence electrons. The topological polar surface area (TPSA) is 86.8 Å². The van der Waals surface area contributed by atoms with Crippen LogP contribution in [0.15, 0.2) is 77.7 Å². The molecule has 0 bridgehead atoms. The molecule has 2 amide bonds. The van der Waals surface area contributed by atoms with Gasteiger partial charge in [-0.2, -0.15) is 0 Å². The highest BCUT2D eigenvalue weighted by Gasteiger charge is 2.33. The van der Waals surface area contributed by atoms with Crippen molar-refractivity contribution >= 4 is 39.1 Å². The lowest BCUT2D eigenvalue weighted by Crippen LogP contribution is -2.51. The Hall–Kier alpha value is -3.43. The summed E-state index contributed by atoms with van der Waals surface area (Å²) in [5, 5.41) is 3.00. The van der Waals surface area contributed by atoms with Gasteiger partial charge in [-0.3, -0.25) is 13.9 Å². The second kappa shape index (κ2) is 12.2. The molecule has 10 heteroatoms. The predicted octanol–water partition coefficient (Wildman–Crippen LogP) is 4.54. The minimum atomic E-state index is -4.18. The number of likely N-dealkylation sites (N-methyl/N-ethyl adjacent to an activating group) is 1. The number of amides is 2. The maximum Gasteiger partial charge on any atom is 0.264 e. The van der Waals surface area contributed by atoms with Crippen molar-refractivity contribution in [3.05, 3.63) is 94.8 Å². The summed E-state index contributed by atoms with van der Waals surface area (Å²) in [6.45, 7) is 4.80. The maximum absolute atomic E-state index is 13.8. The first kappa shape index (κ1) is 28.1. The summed E-state index contributed by atoms with van der Waals surface area (Å²) in [7, 11) is -4.18. The molecule has 0 spiro atoms. The van der Waals surface area contributed by atoms with Gasteiger partial charge in [-0.05, 0) is 68.3 Å². The fourth-order valence-corrected chi connectivity index (χ4v) is 5.43.